The lowest BCUT2D eigenvalue weighted by Gasteiger charge is -2.14. The van der Waals surface area contributed by atoms with Gasteiger partial charge in [0.15, 0.2) is 15.7 Å². The molecule has 9 heteroatoms. The first-order valence-electron chi connectivity index (χ1n) is 7.52. The molecule has 0 fully saturated rings. The highest BCUT2D eigenvalue weighted by Gasteiger charge is 2.30. The summed E-state index contributed by atoms with van der Waals surface area (Å²) in [7, 11) is -3.65. The standard InChI is InChI=1S/C13H25N5O3S/c1-5-6-7-18-12(15-16-17-18)9-22(20,21)11(4)13(19)14-8-10(2)3/h10-11H,5-9H2,1-4H3,(H,14,19). The van der Waals surface area contributed by atoms with Crippen LogP contribution in [0.2, 0.25) is 0 Å². The van der Waals surface area contributed by atoms with Crippen molar-refractivity contribution in [3.05, 3.63) is 5.82 Å². The van der Waals surface area contributed by atoms with E-state index >= 15 is 0 Å². The quantitative estimate of drug-likeness (QED) is 0.708. The van der Waals surface area contributed by atoms with Gasteiger partial charge in [0, 0.05) is 13.1 Å². The largest absolute Gasteiger partial charge is 0.355 e. The zero-order chi connectivity index (χ0) is 16.8. The molecule has 0 bridgehead atoms. The van der Waals surface area contributed by atoms with E-state index in [1.165, 1.54) is 11.6 Å². The van der Waals surface area contributed by atoms with Crippen molar-refractivity contribution in [2.75, 3.05) is 6.54 Å². The Hall–Kier alpha value is -1.51. The van der Waals surface area contributed by atoms with Gasteiger partial charge >= 0.3 is 0 Å². The molecule has 1 atom stereocenters. The summed E-state index contributed by atoms with van der Waals surface area (Å²) in [5.74, 6) is -0.279. The van der Waals surface area contributed by atoms with Crippen molar-refractivity contribution in [1.82, 2.24) is 25.5 Å². The third-order valence-corrected chi connectivity index (χ3v) is 5.20. The van der Waals surface area contributed by atoms with Gasteiger partial charge in [-0.25, -0.2) is 13.1 Å². The first-order valence-corrected chi connectivity index (χ1v) is 9.23. The lowest BCUT2D eigenvalue weighted by atomic mass is 10.2. The molecular formula is C13H25N5O3S. The van der Waals surface area contributed by atoms with Crippen molar-refractivity contribution in [3.63, 3.8) is 0 Å². The van der Waals surface area contributed by atoms with Gasteiger partial charge in [-0.1, -0.05) is 27.2 Å². The summed E-state index contributed by atoms with van der Waals surface area (Å²) < 4.78 is 26.2. The number of hydrogen-bond donors (Lipinski definition) is 1. The SMILES string of the molecule is CCCCn1nnnc1CS(=O)(=O)C(C)C(=O)NCC(C)C. The Kier molecular flexibility index (Phi) is 6.92. The van der Waals surface area contributed by atoms with E-state index < -0.39 is 21.0 Å². The Balaban J connectivity index is 2.74. The van der Waals surface area contributed by atoms with Crippen LogP contribution in [0.15, 0.2) is 0 Å². The normalized spacial score (nSPS) is 13.3. The third kappa shape index (κ3) is 5.36. The molecule has 1 aromatic rings. The topological polar surface area (TPSA) is 107 Å². The first kappa shape index (κ1) is 18.5. The molecule has 0 saturated carbocycles. The molecule has 1 unspecified atom stereocenters. The number of hydrogen-bond acceptors (Lipinski definition) is 6. The highest BCUT2D eigenvalue weighted by Crippen LogP contribution is 2.10. The Labute approximate surface area is 131 Å². The van der Waals surface area contributed by atoms with Crippen molar-refractivity contribution in [1.29, 1.82) is 0 Å². The molecule has 1 N–H and O–H groups in total. The second kappa shape index (κ2) is 8.21. The zero-order valence-corrected chi connectivity index (χ0v) is 14.4. The molecule has 0 spiro atoms. The fourth-order valence-corrected chi connectivity index (χ4v) is 2.95. The average Bonchev–Trinajstić information content (AvgIpc) is 2.88. The van der Waals surface area contributed by atoms with E-state index in [-0.39, 0.29) is 17.5 Å². The number of aromatic nitrogens is 4. The number of rotatable bonds is 9. The number of nitrogens with zero attached hydrogens (tertiary/aromatic N) is 4. The number of amides is 1. The van der Waals surface area contributed by atoms with Crippen molar-refractivity contribution < 1.29 is 13.2 Å². The molecule has 22 heavy (non-hydrogen) atoms. The smallest absolute Gasteiger partial charge is 0.238 e. The summed E-state index contributed by atoms with van der Waals surface area (Å²) in [4.78, 5) is 11.9. The van der Waals surface area contributed by atoms with E-state index in [0.29, 0.717) is 13.1 Å². The highest BCUT2D eigenvalue weighted by atomic mass is 32.2. The molecule has 1 heterocycles. The van der Waals surface area contributed by atoms with E-state index in [1.807, 2.05) is 20.8 Å². The second-order valence-corrected chi connectivity index (χ2v) is 8.08. The van der Waals surface area contributed by atoms with Gasteiger partial charge in [0.05, 0.1) is 0 Å². The Bertz CT molecular complexity index is 582. The number of carbonyl (C=O) groups is 1. The van der Waals surface area contributed by atoms with Crippen LogP contribution in [-0.2, 0) is 26.9 Å². The van der Waals surface area contributed by atoms with Crippen LogP contribution in [0.4, 0.5) is 0 Å². The molecule has 0 aromatic carbocycles. The lowest BCUT2D eigenvalue weighted by Crippen LogP contribution is -2.40. The fourth-order valence-electron chi connectivity index (χ4n) is 1.72. The van der Waals surface area contributed by atoms with Crippen LogP contribution in [0.25, 0.3) is 0 Å². The van der Waals surface area contributed by atoms with Crippen molar-refractivity contribution in [3.8, 4) is 0 Å². The predicted molar refractivity (Wildman–Crippen MR) is 82.7 cm³/mol. The van der Waals surface area contributed by atoms with Gasteiger partial charge < -0.3 is 5.32 Å². The predicted octanol–water partition coefficient (Wildman–Crippen LogP) is 0.549. The van der Waals surface area contributed by atoms with E-state index in [0.717, 1.165) is 12.8 Å². The second-order valence-electron chi connectivity index (χ2n) is 5.76. The van der Waals surface area contributed by atoms with Crippen LogP contribution in [0.5, 0.6) is 0 Å². The molecule has 0 aliphatic rings. The van der Waals surface area contributed by atoms with Crippen LogP contribution >= 0.6 is 0 Å². The van der Waals surface area contributed by atoms with Gasteiger partial charge in [0.25, 0.3) is 0 Å². The minimum Gasteiger partial charge on any atom is -0.355 e. The molecule has 1 rings (SSSR count). The minimum atomic E-state index is -3.65. The maximum Gasteiger partial charge on any atom is 0.238 e. The van der Waals surface area contributed by atoms with Crippen LogP contribution in [0.3, 0.4) is 0 Å². The van der Waals surface area contributed by atoms with Gasteiger partial charge in [-0.15, -0.1) is 5.10 Å². The van der Waals surface area contributed by atoms with Gasteiger partial charge in [-0.3, -0.25) is 4.79 Å². The first-order chi connectivity index (χ1) is 10.3. The molecule has 0 aliphatic carbocycles. The van der Waals surface area contributed by atoms with Gasteiger partial charge in [0.1, 0.15) is 11.0 Å². The average molecular weight is 331 g/mol. The summed E-state index contributed by atoms with van der Waals surface area (Å²) in [6.07, 6.45) is 1.82. The number of carbonyl (C=O) groups excluding carboxylic acids is 1. The van der Waals surface area contributed by atoms with Crippen molar-refractivity contribution in [2.24, 2.45) is 5.92 Å². The minimum absolute atomic E-state index is 0.264. The number of sulfone groups is 1. The maximum absolute atomic E-state index is 12.3. The van der Waals surface area contributed by atoms with Crippen LogP contribution < -0.4 is 5.32 Å². The molecule has 1 aromatic heterocycles. The van der Waals surface area contributed by atoms with Crippen LogP contribution in [0.1, 0.15) is 46.4 Å². The number of unbranched alkanes of at least 4 members (excludes halogenated alkanes) is 1. The summed E-state index contributed by atoms with van der Waals surface area (Å²) >= 11 is 0. The molecule has 126 valence electrons. The molecule has 8 nitrogen and oxygen atoms in total. The van der Waals surface area contributed by atoms with Gasteiger partial charge in [-0.2, -0.15) is 0 Å². The third-order valence-electron chi connectivity index (χ3n) is 3.25. The van der Waals surface area contributed by atoms with E-state index in [9.17, 15) is 13.2 Å². The van der Waals surface area contributed by atoms with Gasteiger partial charge in [0.2, 0.25) is 5.91 Å². The highest BCUT2D eigenvalue weighted by molar-refractivity contribution is 7.92. The molecule has 1 amide bonds. The Morgan fingerprint density at radius 3 is 2.59 bits per heavy atom. The van der Waals surface area contributed by atoms with Crippen LogP contribution in [-0.4, -0.2) is 46.3 Å². The summed E-state index contributed by atoms with van der Waals surface area (Å²) in [5, 5.41) is 12.6. The Morgan fingerprint density at radius 1 is 1.32 bits per heavy atom. The molecule has 0 radical (unpaired) electrons. The maximum atomic E-state index is 12.3. The van der Waals surface area contributed by atoms with E-state index in [4.69, 9.17) is 0 Å². The molecule has 0 saturated heterocycles. The lowest BCUT2D eigenvalue weighted by molar-refractivity contribution is -0.120. The van der Waals surface area contributed by atoms with Crippen LogP contribution in [0, 0.1) is 5.92 Å². The van der Waals surface area contributed by atoms with E-state index in [2.05, 4.69) is 20.8 Å². The van der Waals surface area contributed by atoms with Crippen molar-refractivity contribution >= 4 is 15.7 Å². The summed E-state index contributed by atoms with van der Waals surface area (Å²) in [6, 6.07) is 0. The number of tetrazole rings is 1. The van der Waals surface area contributed by atoms with Gasteiger partial charge in [-0.05, 0) is 29.7 Å². The molecular weight excluding hydrogens is 306 g/mol. The zero-order valence-electron chi connectivity index (χ0n) is 13.6. The van der Waals surface area contributed by atoms with E-state index in [1.54, 1.807) is 0 Å². The Morgan fingerprint density at radius 2 is 2.00 bits per heavy atom. The summed E-state index contributed by atoms with van der Waals surface area (Å²) in [5.41, 5.74) is 0. The molecule has 0 aliphatic heterocycles. The number of nitrogens with one attached hydrogen (secondary N) is 1. The fraction of sp³-hybridized carbons (Fsp3) is 0.846. The number of aryl methyl sites for hydroxylation is 1. The summed E-state index contributed by atoms with van der Waals surface area (Å²) in [6.45, 7) is 8.34. The monoisotopic (exact) mass is 331 g/mol. The van der Waals surface area contributed by atoms with Crippen molar-refractivity contribution in [2.45, 2.75) is 58.1 Å².